The number of non-ortho nitro benzene ring substituents is 1. The van der Waals surface area contributed by atoms with Gasteiger partial charge in [-0.2, -0.15) is 0 Å². The molecule has 1 unspecified atom stereocenters. The molecule has 0 radical (unpaired) electrons. The van der Waals surface area contributed by atoms with Gasteiger partial charge in [-0.3, -0.25) is 10.1 Å². The van der Waals surface area contributed by atoms with Gasteiger partial charge in [0.1, 0.15) is 11.6 Å². The fraction of sp³-hybridized carbons (Fsp3) is 0.462. The zero-order chi connectivity index (χ0) is 25.2. The molecule has 188 valence electrons. The van der Waals surface area contributed by atoms with Crippen LogP contribution in [0.1, 0.15) is 53.9 Å². The van der Waals surface area contributed by atoms with Crippen molar-refractivity contribution in [3.63, 3.8) is 0 Å². The van der Waals surface area contributed by atoms with E-state index in [1.54, 1.807) is 6.92 Å². The van der Waals surface area contributed by atoms with Crippen LogP contribution in [-0.4, -0.2) is 41.2 Å². The molecule has 2 fully saturated rings. The van der Waals surface area contributed by atoms with Crippen molar-refractivity contribution in [2.45, 2.75) is 45.6 Å². The van der Waals surface area contributed by atoms with Crippen molar-refractivity contribution >= 4 is 28.1 Å². The first-order valence-corrected chi connectivity index (χ1v) is 12.2. The van der Waals surface area contributed by atoms with Crippen LogP contribution in [0.2, 0.25) is 0 Å². The Balaban J connectivity index is 1.40. The van der Waals surface area contributed by atoms with E-state index in [4.69, 9.17) is 9.72 Å². The molecule has 3 heterocycles. The molecule has 1 aliphatic carbocycles. The molecule has 0 saturated carbocycles. The lowest BCUT2D eigenvalue weighted by Crippen LogP contribution is -2.66. The van der Waals surface area contributed by atoms with Crippen molar-refractivity contribution in [1.82, 2.24) is 9.97 Å². The van der Waals surface area contributed by atoms with Gasteiger partial charge in [-0.05, 0) is 61.9 Å². The maximum atomic E-state index is 13.4. The van der Waals surface area contributed by atoms with Crippen molar-refractivity contribution in [3.05, 3.63) is 62.5 Å². The molecular formula is C26H27F2N5O3. The number of ether oxygens (including phenoxy) is 1. The second-order valence-corrected chi connectivity index (χ2v) is 10.4. The van der Waals surface area contributed by atoms with Gasteiger partial charge >= 0.3 is 0 Å². The summed E-state index contributed by atoms with van der Waals surface area (Å²) < 4.78 is 32.3. The van der Waals surface area contributed by atoms with E-state index < -0.39 is 17.4 Å². The van der Waals surface area contributed by atoms with E-state index in [9.17, 15) is 18.9 Å². The summed E-state index contributed by atoms with van der Waals surface area (Å²) >= 11 is 0. The van der Waals surface area contributed by atoms with Gasteiger partial charge < -0.3 is 15.0 Å². The number of benzene rings is 2. The molecule has 2 aromatic carbocycles. The Bertz CT molecular complexity index is 1380. The minimum absolute atomic E-state index is 0.282. The fourth-order valence-electron chi connectivity index (χ4n) is 5.79. The monoisotopic (exact) mass is 495 g/mol. The van der Waals surface area contributed by atoms with E-state index in [-0.39, 0.29) is 16.7 Å². The molecular weight excluding hydrogens is 468 g/mol. The molecule has 1 spiro atoms. The third-order valence-electron chi connectivity index (χ3n) is 7.64. The average Bonchev–Trinajstić information content (AvgIpc) is 3.27. The highest BCUT2D eigenvalue weighted by atomic mass is 19.3. The average molecular weight is 496 g/mol. The lowest BCUT2D eigenvalue weighted by Gasteiger charge is -2.56. The fourth-order valence-corrected chi connectivity index (χ4v) is 5.79. The van der Waals surface area contributed by atoms with Crippen LogP contribution < -0.4 is 10.2 Å². The van der Waals surface area contributed by atoms with Gasteiger partial charge in [0.25, 0.3) is 12.1 Å². The van der Waals surface area contributed by atoms with Crippen molar-refractivity contribution in [2.75, 3.05) is 36.5 Å². The first-order chi connectivity index (χ1) is 17.2. The summed E-state index contributed by atoms with van der Waals surface area (Å²) in [4.78, 5) is 22.6. The van der Waals surface area contributed by atoms with Gasteiger partial charge in [0.05, 0.1) is 35.1 Å². The summed E-state index contributed by atoms with van der Waals surface area (Å²) in [5, 5.41) is 15.6. The number of halogens is 2. The summed E-state index contributed by atoms with van der Waals surface area (Å²) in [7, 11) is 0. The van der Waals surface area contributed by atoms with Gasteiger partial charge in [-0.25, -0.2) is 18.7 Å². The van der Waals surface area contributed by atoms with E-state index in [0.29, 0.717) is 17.2 Å². The standard InChI is InChI=1S/C26H27F2N5O3/c1-14(16-6-17(24(27)28)8-18(7-16)33(34)35)29-25-21-9-22(32-10-26(11-32)12-36-13-26)19-4-3-5-20(19)23(21)30-15(2)31-25/h6-9,14,24H,3-5,10-13H2,1-2H3,(H,29,30,31). The number of hydrogen-bond donors (Lipinski definition) is 1. The van der Waals surface area contributed by atoms with Gasteiger partial charge in [0, 0.05) is 41.9 Å². The molecule has 8 nitrogen and oxygen atoms in total. The van der Waals surface area contributed by atoms with Gasteiger partial charge in [-0.1, -0.05) is 0 Å². The number of rotatable bonds is 6. The number of nitro benzene ring substituents is 1. The zero-order valence-electron chi connectivity index (χ0n) is 20.2. The van der Waals surface area contributed by atoms with E-state index in [2.05, 4.69) is 21.3 Å². The van der Waals surface area contributed by atoms with Crippen molar-refractivity contribution in [1.29, 1.82) is 0 Å². The Hall–Kier alpha value is -3.40. The summed E-state index contributed by atoms with van der Waals surface area (Å²) in [6.45, 7) is 7.21. The number of alkyl halides is 2. The molecule has 3 aliphatic rings. The molecule has 0 bridgehead atoms. The van der Waals surface area contributed by atoms with Crippen LogP contribution in [0.3, 0.4) is 0 Å². The number of anilines is 2. The van der Waals surface area contributed by atoms with Crippen molar-refractivity contribution in [3.8, 4) is 0 Å². The normalized spacial score (nSPS) is 18.8. The molecule has 36 heavy (non-hydrogen) atoms. The molecule has 0 amide bonds. The summed E-state index contributed by atoms with van der Waals surface area (Å²) in [6, 6.07) is 5.24. The minimum Gasteiger partial charge on any atom is -0.380 e. The minimum atomic E-state index is -2.80. The number of fused-ring (bicyclic) bond motifs is 3. The molecule has 2 aliphatic heterocycles. The largest absolute Gasteiger partial charge is 0.380 e. The van der Waals surface area contributed by atoms with Crippen LogP contribution in [0.25, 0.3) is 10.9 Å². The maximum absolute atomic E-state index is 13.4. The van der Waals surface area contributed by atoms with Crippen LogP contribution in [-0.2, 0) is 17.6 Å². The van der Waals surface area contributed by atoms with E-state index in [1.165, 1.54) is 28.9 Å². The van der Waals surface area contributed by atoms with Crippen LogP contribution in [0.15, 0.2) is 24.3 Å². The third-order valence-corrected chi connectivity index (χ3v) is 7.64. The molecule has 1 atom stereocenters. The summed E-state index contributed by atoms with van der Waals surface area (Å²) in [5.41, 5.74) is 4.70. The van der Waals surface area contributed by atoms with E-state index >= 15 is 0 Å². The quantitative estimate of drug-likeness (QED) is 0.367. The second-order valence-electron chi connectivity index (χ2n) is 10.4. The number of aryl methyl sites for hydroxylation is 2. The predicted octanol–water partition coefficient (Wildman–Crippen LogP) is 5.28. The third kappa shape index (κ3) is 3.75. The number of nitrogens with one attached hydrogen (secondary N) is 1. The smallest absolute Gasteiger partial charge is 0.270 e. The van der Waals surface area contributed by atoms with Gasteiger partial charge in [-0.15, -0.1) is 0 Å². The Morgan fingerprint density at radius 1 is 1.11 bits per heavy atom. The Labute approximate surface area is 206 Å². The summed E-state index contributed by atoms with van der Waals surface area (Å²) in [5.74, 6) is 1.22. The molecule has 6 rings (SSSR count). The number of aromatic nitrogens is 2. The van der Waals surface area contributed by atoms with E-state index in [1.807, 2.05) is 6.92 Å². The topological polar surface area (TPSA) is 93.4 Å². The highest BCUT2D eigenvalue weighted by Gasteiger charge is 2.49. The molecule has 3 aromatic rings. The summed E-state index contributed by atoms with van der Waals surface area (Å²) in [6.07, 6.45) is 0.252. The highest BCUT2D eigenvalue weighted by molar-refractivity contribution is 5.96. The second kappa shape index (κ2) is 8.33. The Morgan fingerprint density at radius 3 is 2.50 bits per heavy atom. The van der Waals surface area contributed by atoms with Crippen LogP contribution in [0.5, 0.6) is 0 Å². The van der Waals surface area contributed by atoms with E-state index in [0.717, 1.165) is 62.5 Å². The number of nitrogens with zero attached hydrogens (tertiary/aromatic N) is 4. The Kier molecular flexibility index (Phi) is 5.33. The molecule has 2 saturated heterocycles. The Morgan fingerprint density at radius 2 is 1.83 bits per heavy atom. The van der Waals surface area contributed by atoms with Crippen LogP contribution >= 0.6 is 0 Å². The van der Waals surface area contributed by atoms with Crippen LogP contribution in [0.4, 0.5) is 26.0 Å². The number of hydrogen-bond acceptors (Lipinski definition) is 7. The van der Waals surface area contributed by atoms with Crippen molar-refractivity contribution in [2.24, 2.45) is 5.41 Å². The lowest BCUT2D eigenvalue weighted by atomic mass is 9.77. The van der Waals surface area contributed by atoms with Gasteiger partial charge in [0.2, 0.25) is 0 Å². The highest BCUT2D eigenvalue weighted by Crippen LogP contribution is 2.46. The SMILES string of the molecule is Cc1nc(NC(C)c2cc(C(F)F)cc([N+](=O)[O-])c2)c2cc(N3CC4(COC4)C3)c3c(c2n1)CCC3. The maximum Gasteiger partial charge on any atom is 0.270 e. The molecule has 1 N–H and O–H groups in total. The first kappa shape index (κ1) is 23.0. The molecule has 1 aromatic heterocycles. The predicted molar refractivity (Wildman–Crippen MR) is 132 cm³/mol. The zero-order valence-corrected chi connectivity index (χ0v) is 20.2. The molecule has 10 heteroatoms. The number of nitro groups is 1. The van der Waals surface area contributed by atoms with Crippen molar-refractivity contribution < 1.29 is 18.4 Å². The van der Waals surface area contributed by atoms with Crippen LogP contribution in [0, 0.1) is 22.5 Å². The van der Waals surface area contributed by atoms with Gasteiger partial charge in [0.15, 0.2) is 0 Å². The first-order valence-electron chi connectivity index (χ1n) is 12.2. The lowest BCUT2D eigenvalue weighted by molar-refractivity contribution is -0.385.